The fourth-order valence-corrected chi connectivity index (χ4v) is 15.2. The van der Waals surface area contributed by atoms with Crippen LogP contribution in [0.5, 0.6) is 0 Å². The maximum Gasteiger partial charge on any atom is 0.171 e. The molecule has 0 amide bonds. The van der Waals surface area contributed by atoms with Gasteiger partial charge in [0.1, 0.15) is 0 Å². The molecular formula is C67H45N2OP. The summed E-state index contributed by atoms with van der Waals surface area (Å²) in [7, 11) is -3.59. The molecule has 2 unspecified atom stereocenters. The zero-order valence-electron chi connectivity index (χ0n) is 38.7. The monoisotopic (exact) mass is 924 g/mol. The lowest BCUT2D eigenvalue weighted by molar-refractivity contribution is 0.590. The topological polar surface area (TPSA) is 25.2 Å². The van der Waals surface area contributed by atoms with Gasteiger partial charge in [-0.2, -0.15) is 0 Å². The fraction of sp³-hybridized carbons (Fsp3) is 0.0149. The lowest BCUT2D eigenvalue weighted by atomic mass is 9.62. The molecule has 0 saturated carbocycles. The molecule has 12 aromatic rings. The van der Waals surface area contributed by atoms with Gasteiger partial charge in [-0.3, -0.25) is 0 Å². The van der Waals surface area contributed by atoms with Gasteiger partial charge >= 0.3 is 0 Å². The summed E-state index contributed by atoms with van der Waals surface area (Å²) in [6.45, 7) is 0. The molecule has 3 nitrogen and oxygen atoms in total. The van der Waals surface area contributed by atoms with E-state index in [0.29, 0.717) is 0 Å². The summed E-state index contributed by atoms with van der Waals surface area (Å²) in [6.07, 6.45) is 0. The van der Waals surface area contributed by atoms with E-state index in [1.807, 2.05) is 18.2 Å². The predicted octanol–water partition coefficient (Wildman–Crippen LogP) is 15.9. The second-order valence-corrected chi connectivity index (χ2v) is 21.4. The lowest BCUT2D eigenvalue weighted by Crippen LogP contribution is -2.48. The standard InChI is InChI=1S/C67H45N2OP/c70-71(53-26-11-4-12-27-53)64-35-18-15-31-58(64)67(57-30-14-17-34-63(57)69-61-33-16-13-28-54(61)55-29-19-32-60(67)66(55)69)59-42-41-52(45-65(59)71)68(51-39-36-48(37-40-51)46-20-5-1-6-21-46)62-43-38-50(47-22-7-2-8-23-47)44-56(62)49-24-9-3-10-25-49/h1-45H. The van der Waals surface area contributed by atoms with Crippen LogP contribution in [-0.2, 0) is 9.98 Å². The molecule has 11 aromatic carbocycles. The molecule has 1 spiro atoms. The van der Waals surface area contributed by atoms with Crippen LogP contribution in [0.4, 0.5) is 17.1 Å². The average molecular weight is 925 g/mol. The summed E-state index contributed by atoms with van der Waals surface area (Å²) < 4.78 is 19.8. The number of benzene rings is 11. The molecule has 334 valence electrons. The molecule has 2 aliphatic rings. The van der Waals surface area contributed by atoms with Crippen LogP contribution < -0.4 is 20.8 Å². The first-order valence-electron chi connectivity index (χ1n) is 24.4. The lowest BCUT2D eigenvalue weighted by Gasteiger charge is -2.47. The van der Waals surface area contributed by atoms with Crippen molar-refractivity contribution in [3.05, 3.63) is 295 Å². The number of fused-ring (bicyclic) bond motifs is 11. The Bertz CT molecular complexity index is 4070. The minimum Gasteiger partial charge on any atom is -0.310 e. The molecule has 0 bridgehead atoms. The number of nitrogens with zero attached hydrogens (tertiary/aromatic N) is 2. The van der Waals surface area contributed by atoms with Crippen LogP contribution in [0.2, 0.25) is 0 Å². The molecule has 0 aliphatic carbocycles. The molecule has 2 aliphatic heterocycles. The third-order valence-corrected chi connectivity index (χ3v) is 18.2. The maximum absolute atomic E-state index is 17.4. The highest BCUT2D eigenvalue weighted by atomic mass is 31.2. The molecule has 3 heterocycles. The third-order valence-electron chi connectivity index (χ3n) is 15.1. The van der Waals surface area contributed by atoms with Crippen LogP contribution in [0.15, 0.2) is 273 Å². The fourth-order valence-electron chi connectivity index (χ4n) is 12.0. The van der Waals surface area contributed by atoms with Gasteiger partial charge in [-0.05, 0) is 98.6 Å². The predicted molar refractivity (Wildman–Crippen MR) is 297 cm³/mol. The zero-order valence-corrected chi connectivity index (χ0v) is 39.6. The molecule has 1 aromatic heterocycles. The van der Waals surface area contributed by atoms with Gasteiger partial charge in [0.15, 0.2) is 7.14 Å². The Morgan fingerprint density at radius 1 is 0.366 bits per heavy atom. The summed E-state index contributed by atoms with van der Waals surface area (Å²) in [6, 6.07) is 97.7. The van der Waals surface area contributed by atoms with E-state index < -0.39 is 12.6 Å². The van der Waals surface area contributed by atoms with Crippen LogP contribution in [0.3, 0.4) is 0 Å². The number of hydrogen-bond acceptors (Lipinski definition) is 2. The first kappa shape index (κ1) is 41.2. The van der Waals surface area contributed by atoms with Crippen molar-refractivity contribution in [1.82, 2.24) is 4.57 Å². The van der Waals surface area contributed by atoms with E-state index in [4.69, 9.17) is 0 Å². The van der Waals surface area contributed by atoms with Gasteiger partial charge in [-0.1, -0.05) is 224 Å². The van der Waals surface area contributed by atoms with Crippen LogP contribution in [0.25, 0.3) is 60.9 Å². The van der Waals surface area contributed by atoms with Crippen molar-refractivity contribution in [2.75, 3.05) is 4.90 Å². The summed E-state index contributed by atoms with van der Waals surface area (Å²) in [5.74, 6) is 0. The molecule has 4 heteroatoms. The van der Waals surface area contributed by atoms with Crippen LogP contribution in [0.1, 0.15) is 22.3 Å². The van der Waals surface area contributed by atoms with Crippen LogP contribution >= 0.6 is 7.14 Å². The van der Waals surface area contributed by atoms with Gasteiger partial charge < -0.3 is 14.0 Å². The average Bonchev–Trinajstić information content (AvgIpc) is 3.81. The van der Waals surface area contributed by atoms with Crippen molar-refractivity contribution in [3.63, 3.8) is 0 Å². The summed E-state index contributed by atoms with van der Waals surface area (Å²) in [5.41, 5.74) is 16.8. The van der Waals surface area contributed by atoms with Crippen LogP contribution in [0, 0.1) is 0 Å². The highest BCUT2D eigenvalue weighted by Gasteiger charge is 2.54. The molecule has 2 atom stereocenters. The first-order chi connectivity index (χ1) is 35.1. The maximum atomic E-state index is 17.4. The van der Waals surface area contributed by atoms with Gasteiger partial charge in [0.25, 0.3) is 0 Å². The van der Waals surface area contributed by atoms with E-state index in [2.05, 4.69) is 264 Å². The Morgan fingerprint density at radius 2 is 0.901 bits per heavy atom. The van der Waals surface area contributed by atoms with Gasteiger partial charge in [-0.15, -0.1) is 0 Å². The molecule has 71 heavy (non-hydrogen) atoms. The Balaban J connectivity index is 1.09. The van der Waals surface area contributed by atoms with Crippen LogP contribution in [-0.4, -0.2) is 4.57 Å². The Labute approximate surface area is 413 Å². The van der Waals surface area contributed by atoms with Gasteiger partial charge in [0.2, 0.25) is 0 Å². The van der Waals surface area contributed by atoms with Crippen molar-refractivity contribution in [2.45, 2.75) is 5.41 Å². The van der Waals surface area contributed by atoms with E-state index in [1.54, 1.807) is 0 Å². The molecule has 0 saturated heterocycles. The number of rotatable bonds is 7. The highest BCUT2D eigenvalue weighted by molar-refractivity contribution is 7.85. The molecule has 0 fully saturated rings. The normalized spacial score (nSPS) is 16.3. The van der Waals surface area contributed by atoms with Crippen molar-refractivity contribution < 1.29 is 4.57 Å². The quantitative estimate of drug-likeness (QED) is 0.149. The Hall–Kier alpha value is -8.75. The molecular weight excluding hydrogens is 880 g/mol. The van der Waals surface area contributed by atoms with E-state index >= 15 is 4.57 Å². The second-order valence-electron chi connectivity index (χ2n) is 18.7. The molecule has 0 radical (unpaired) electrons. The third kappa shape index (κ3) is 6.07. The Kier molecular flexibility index (Phi) is 9.39. The summed E-state index contributed by atoms with van der Waals surface area (Å²) in [5, 5.41) is 4.93. The van der Waals surface area contributed by atoms with Gasteiger partial charge in [0.05, 0.1) is 27.8 Å². The molecule has 0 N–H and O–H groups in total. The SMILES string of the molecule is O=P1(c2ccccc2)c2ccccc2C2(c3ccccc3-n3c4ccccc4c4cccc2c43)c2ccc(N(c3ccc(-c4ccccc4)cc3)c3ccc(-c4ccccc4)cc3-c3ccccc3)cc21. The number of hydrogen-bond donors (Lipinski definition) is 0. The van der Waals surface area contributed by atoms with E-state index in [0.717, 1.165) is 83.2 Å². The summed E-state index contributed by atoms with van der Waals surface area (Å²) in [4.78, 5) is 2.38. The molecule has 14 rings (SSSR count). The van der Waals surface area contributed by atoms with Crippen molar-refractivity contribution >= 4 is 61.9 Å². The first-order valence-corrected chi connectivity index (χ1v) is 26.1. The minimum atomic E-state index is -3.59. The van der Waals surface area contributed by atoms with E-state index in [9.17, 15) is 0 Å². The number of anilines is 3. The number of aromatic nitrogens is 1. The number of para-hydroxylation sites is 3. The van der Waals surface area contributed by atoms with E-state index in [-0.39, 0.29) is 0 Å². The Morgan fingerprint density at radius 3 is 1.65 bits per heavy atom. The largest absolute Gasteiger partial charge is 0.310 e. The van der Waals surface area contributed by atoms with Crippen molar-refractivity contribution in [3.8, 4) is 39.1 Å². The summed E-state index contributed by atoms with van der Waals surface area (Å²) >= 11 is 0. The van der Waals surface area contributed by atoms with Gasteiger partial charge in [-0.25, -0.2) is 0 Å². The highest BCUT2D eigenvalue weighted by Crippen LogP contribution is 2.61. The smallest absolute Gasteiger partial charge is 0.171 e. The van der Waals surface area contributed by atoms with Gasteiger partial charge in [0, 0.05) is 43.6 Å². The van der Waals surface area contributed by atoms with E-state index in [1.165, 1.54) is 32.9 Å². The van der Waals surface area contributed by atoms with Crippen molar-refractivity contribution in [1.29, 1.82) is 0 Å². The minimum absolute atomic E-state index is 0.813. The van der Waals surface area contributed by atoms with Crippen molar-refractivity contribution in [2.24, 2.45) is 0 Å². The zero-order chi connectivity index (χ0) is 47.1. The second kappa shape index (κ2) is 16.2.